The van der Waals surface area contributed by atoms with Crippen molar-refractivity contribution in [2.24, 2.45) is 0 Å². The lowest BCUT2D eigenvalue weighted by Gasteiger charge is -2.03. The first-order valence-electron chi connectivity index (χ1n) is 7.75. The molecule has 7 heteroatoms. The third-order valence-electron chi connectivity index (χ3n) is 3.88. The summed E-state index contributed by atoms with van der Waals surface area (Å²) in [5, 5.41) is 4.16. The molecule has 0 unspecified atom stereocenters. The lowest BCUT2D eigenvalue weighted by Crippen LogP contribution is -1.98. The second-order valence-electron chi connectivity index (χ2n) is 5.68. The minimum atomic E-state index is 0.145. The van der Waals surface area contributed by atoms with Gasteiger partial charge in [-0.1, -0.05) is 17.3 Å². The van der Waals surface area contributed by atoms with Crippen LogP contribution in [0.4, 0.5) is 5.95 Å². The number of fused-ring (bicyclic) bond motifs is 1. The summed E-state index contributed by atoms with van der Waals surface area (Å²) in [6.45, 7) is 1.86. The van der Waals surface area contributed by atoms with Gasteiger partial charge in [0.2, 0.25) is 11.5 Å². The van der Waals surface area contributed by atoms with Gasteiger partial charge in [0.25, 0.3) is 0 Å². The van der Waals surface area contributed by atoms with Crippen LogP contribution in [0.3, 0.4) is 0 Å². The molecular weight excluding hydrogens is 320 g/mol. The van der Waals surface area contributed by atoms with Gasteiger partial charge in [0.1, 0.15) is 22.7 Å². The molecule has 25 heavy (non-hydrogen) atoms. The molecule has 4 aromatic rings. The number of aryl methyl sites for hydroxylation is 1. The summed E-state index contributed by atoms with van der Waals surface area (Å²) < 4.78 is 16.4. The Kier molecular flexibility index (Phi) is 3.61. The average Bonchev–Trinajstić information content (AvgIpc) is 3.21. The molecule has 3 heterocycles. The topological polar surface area (TPSA) is 100 Å². The normalized spacial score (nSPS) is 11.1. The zero-order valence-electron chi connectivity index (χ0n) is 13.8. The minimum absolute atomic E-state index is 0.145. The highest BCUT2D eigenvalue weighted by Gasteiger charge is 2.20. The van der Waals surface area contributed by atoms with E-state index >= 15 is 0 Å². The van der Waals surface area contributed by atoms with Crippen molar-refractivity contribution in [3.05, 3.63) is 53.4 Å². The number of nitrogen functional groups attached to an aromatic ring is 1. The molecule has 0 radical (unpaired) electrons. The molecule has 1 aromatic carbocycles. The van der Waals surface area contributed by atoms with Gasteiger partial charge in [-0.25, -0.2) is 9.97 Å². The second kappa shape index (κ2) is 5.94. The Labute approximate surface area is 143 Å². The lowest BCUT2D eigenvalue weighted by atomic mass is 10.1. The summed E-state index contributed by atoms with van der Waals surface area (Å²) in [6.07, 6.45) is 0.539. The quantitative estimate of drug-likeness (QED) is 0.609. The molecule has 0 amide bonds. The highest BCUT2D eigenvalue weighted by atomic mass is 16.5. The molecule has 2 N–H and O–H groups in total. The fourth-order valence-corrected chi connectivity index (χ4v) is 2.71. The van der Waals surface area contributed by atoms with Gasteiger partial charge in [0, 0.05) is 6.42 Å². The third kappa shape index (κ3) is 2.80. The molecular formula is C18H16N4O3. The Morgan fingerprint density at radius 1 is 1.16 bits per heavy atom. The van der Waals surface area contributed by atoms with Gasteiger partial charge >= 0.3 is 0 Å². The zero-order chi connectivity index (χ0) is 17.4. The Hall–Kier alpha value is -3.35. The fourth-order valence-electron chi connectivity index (χ4n) is 2.71. The van der Waals surface area contributed by atoms with Gasteiger partial charge in [-0.15, -0.1) is 0 Å². The van der Waals surface area contributed by atoms with E-state index in [2.05, 4.69) is 15.1 Å². The summed E-state index contributed by atoms with van der Waals surface area (Å²) in [4.78, 5) is 8.56. The maximum absolute atomic E-state index is 5.88. The van der Waals surface area contributed by atoms with Crippen molar-refractivity contribution in [2.75, 3.05) is 12.8 Å². The molecule has 0 atom stereocenters. The number of benzene rings is 1. The predicted molar refractivity (Wildman–Crippen MR) is 92.3 cm³/mol. The standard InChI is InChI=1S/C18H16N4O3/c1-10-6-7-14(24-10)16-17-15(20-18(19)21-16)13(22-25-17)9-11-4-3-5-12(8-11)23-2/h3-8H,9H2,1-2H3,(H2,19,20,21). The van der Waals surface area contributed by atoms with E-state index in [-0.39, 0.29) is 5.95 Å². The molecule has 4 rings (SSSR count). The zero-order valence-corrected chi connectivity index (χ0v) is 13.8. The number of methoxy groups -OCH3 is 1. The summed E-state index contributed by atoms with van der Waals surface area (Å²) in [7, 11) is 1.64. The Bertz CT molecular complexity index is 1050. The van der Waals surface area contributed by atoms with Crippen molar-refractivity contribution in [2.45, 2.75) is 13.3 Å². The second-order valence-corrected chi connectivity index (χ2v) is 5.68. The number of nitrogens with two attached hydrogens (primary N) is 1. The number of rotatable bonds is 4. The highest BCUT2D eigenvalue weighted by molar-refractivity contribution is 5.88. The number of hydrogen-bond acceptors (Lipinski definition) is 7. The molecule has 7 nitrogen and oxygen atoms in total. The smallest absolute Gasteiger partial charge is 0.221 e. The molecule has 0 saturated heterocycles. The monoisotopic (exact) mass is 336 g/mol. The number of hydrogen-bond donors (Lipinski definition) is 1. The molecule has 0 fully saturated rings. The van der Waals surface area contributed by atoms with Crippen LogP contribution < -0.4 is 10.5 Å². The molecule has 0 aliphatic rings. The van der Waals surface area contributed by atoms with Crippen LogP contribution in [0, 0.1) is 6.92 Å². The van der Waals surface area contributed by atoms with Crippen molar-refractivity contribution < 1.29 is 13.7 Å². The van der Waals surface area contributed by atoms with Gasteiger partial charge < -0.3 is 19.4 Å². The molecule has 0 aliphatic heterocycles. The minimum Gasteiger partial charge on any atom is -0.497 e. The van der Waals surface area contributed by atoms with E-state index in [0.717, 1.165) is 17.1 Å². The Balaban J connectivity index is 1.80. The van der Waals surface area contributed by atoms with Gasteiger partial charge in [-0.3, -0.25) is 0 Å². The maximum atomic E-state index is 5.88. The predicted octanol–water partition coefficient (Wildman–Crippen LogP) is 3.37. The van der Waals surface area contributed by atoms with Crippen LogP contribution in [-0.4, -0.2) is 22.2 Å². The van der Waals surface area contributed by atoms with E-state index in [1.54, 1.807) is 7.11 Å². The van der Waals surface area contributed by atoms with E-state index in [1.807, 2.05) is 43.3 Å². The highest BCUT2D eigenvalue weighted by Crippen LogP contribution is 2.30. The first kappa shape index (κ1) is 15.2. The first-order chi connectivity index (χ1) is 12.1. The number of nitrogens with zero attached hydrogens (tertiary/aromatic N) is 3. The largest absolute Gasteiger partial charge is 0.497 e. The van der Waals surface area contributed by atoms with E-state index < -0.39 is 0 Å². The van der Waals surface area contributed by atoms with Gasteiger partial charge in [-0.05, 0) is 36.8 Å². The third-order valence-corrected chi connectivity index (χ3v) is 3.88. The molecule has 126 valence electrons. The SMILES string of the molecule is COc1cccc(Cc2noc3c(-c4ccc(C)o4)nc(N)nc23)c1. The fraction of sp³-hybridized carbons (Fsp3) is 0.167. The summed E-state index contributed by atoms with van der Waals surface area (Å²) >= 11 is 0. The number of aromatic nitrogens is 3. The number of ether oxygens (including phenoxy) is 1. The van der Waals surface area contributed by atoms with Gasteiger partial charge in [0.05, 0.1) is 7.11 Å². The van der Waals surface area contributed by atoms with Gasteiger partial charge in [0.15, 0.2) is 11.5 Å². The van der Waals surface area contributed by atoms with Crippen LogP contribution in [0.15, 0.2) is 45.3 Å². The first-order valence-corrected chi connectivity index (χ1v) is 7.75. The van der Waals surface area contributed by atoms with E-state index in [4.69, 9.17) is 19.4 Å². The molecule has 0 saturated carbocycles. The summed E-state index contributed by atoms with van der Waals surface area (Å²) in [6, 6.07) is 11.4. The molecule has 3 aromatic heterocycles. The Morgan fingerprint density at radius 3 is 2.80 bits per heavy atom. The van der Waals surface area contributed by atoms with Crippen LogP contribution in [0.5, 0.6) is 5.75 Å². The van der Waals surface area contributed by atoms with Crippen molar-refractivity contribution in [1.82, 2.24) is 15.1 Å². The number of furan rings is 1. The van der Waals surface area contributed by atoms with Crippen LogP contribution in [0.2, 0.25) is 0 Å². The molecule has 0 spiro atoms. The van der Waals surface area contributed by atoms with Crippen LogP contribution >= 0.6 is 0 Å². The van der Waals surface area contributed by atoms with Crippen molar-refractivity contribution in [3.63, 3.8) is 0 Å². The number of anilines is 1. The van der Waals surface area contributed by atoms with Crippen LogP contribution in [0.1, 0.15) is 17.0 Å². The molecule has 0 bridgehead atoms. The van der Waals surface area contributed by atoms with Crippen LogP contribution in [-0.2, 0) is 6.42 Å². The summed E-state index contributed by atoms with van der Waals surface area (Å²) in [5.41, 5.74) is 9.14. The summed E-state index contributed by atoms with van der Waals surface area (Å²) in [5.74, 6) is 2.27. The van der Waals surface area contributed by atoms with E-state index in [0.29, 0.717) is 34.7 Å². The van der Waals surface area contributed by atoms with E-state index in [9.17, 15) is 0 Å². The van der Waals surface area contributed by atoms with Crippen molar-refractivity contribution in [1.29, 1.82) is 0 Å². The van der Waals surface area contributed by atoms with Crippen molar-refractivity contribution in [3.8, 4) is 17.2 Å². The lowest BCUT2D eigenvalue weighted by molar-refractivity contribution is 0.414. The van der Waals surface area contributed by atoms with Crippen LogP contribution in [0.25, 0.3) is 22.6 Å². The van der Waals surface area contributed by atoms with Crippen molar-refractivity contribution >= 4 is 17.0 Å². The van der Waals surface area contributed by atoms with Gasteiger partial charge in [-0.2, -0.15) is 0 Å². The molecule has 0 aliphatic carbocycles. The maximum Gasteiger partial charge on any atom is 0.221 e. The Morgan fingerprint density at radius 2 is 2.04 bits per heavy atom. The van der Waals surface area contributed by atoms with E-state index in [1.165, 1.54) is 0 Å². The average molecular weight is 336 g/mol.